The summed E-state index contributed by atoms with van der Waals surface area (Å²) in [6.45, 7) is 13.2. The summed E-state index contributed by atoms with van der Waals surface area (Å²) in [4.78, 5) is 4.63. The van der Waals surface area contributed by atoms with Gasteiger partial charge in [-0.05, 0) is 77.4 Å². The van der Waals surface area contributed by atoms with Crippen LogP contribution in [0.1, 0.15) is 143 Å². The van der Waals surface area contributed by atoms with Crippen LogP contribution < -0.4 is 0 Å². The Morgan fingerprint density at radius 2 is 0.816 bits per heavy atom. The number of aliphatic hydroxyl groups excluding tert-OH is 3. The fourth-order valence-corrected chi connectivity index (χ4v) is 4.93. The van der Waals surface area contributed by atoms with Gasteiger partial charge in [-0.25, -0.2) is 0 Å². The van der Waals surface area contributed by atoms with E-state index in [2.05, 4.69) is 28.9 Å². The first-order valence-electron chi connectivity index (χ1n) is 16.6. The van der Waals surface area contributed by atoms with Crippen LogP contribution in [-0.4, -0.2) is 82.7 Å². The van der Waals surface area contributed by atoms with E-state index in [1.54, 1.807) is 0 Å². The monoisotopic (exact) mass is 541 g/mol. The van der Waals surface area contributed by atoms with Crippen LogP contribution in [0.5, 0.6) is 0 Å². The minimum absolute atomic E-state index is 0.260. The zero-order valence-electron chi connectivity index (χ0n) is 26.1. The Hall–Kier alpha value is -0.460. The van der Waals surface area contributed by atoms with Crippen molar-refractivity contribution in [3.63, 3.8) is 0 Å². The number of unbranched alkanes of at least 4 members (excludes halogenated alkanes) is 12. The zero-order chi connectivity index (χ0) is 28.3. The zero-order valence-corrected chi connectivity index (χ0v) is 26.1. The van der Waals surface area contributed by atoms with Crippen LogP contribution >= 0.6 is 0 Å². The molecule has 0 heterocycles. The molecule has 0 bridgehead atoms. The normalized spacial score (nSPS) is 14.7. The highest BCUT2D eigenvalue weighted by atomic mass is 16.3. The maximum absolute atomic E-state index is 10.2. The molecule has 0 aromatic carbocycles. The first-order chi connectivity index (χ1) is 18.5. The molecule has 0 aliphatic rings. The smallest absolute Gasteiger partial charge is 0.0664 e. The van der Waals surface area contributed by atoms with E-state index in [1.807, 2.05) is 20.8 Å². The summed E-state index contributed by atoms with van der Waals surface area (Å²) in [5.41, 5.74) is 0. The lowest BCUT2D eigenvalue weighted by Crippen LogP contribution is -2.40. The van der Waals surface area contributed by atoms with Gasteiger partial charge in [0.05, 0.1) is 18.3 Å². The molecule has 5 heteroatoms. The van der Waals surface area contributed by atoms with Gasteiger partial charge < -0.3 is 20.2 Å². The Kier molecular flexibility index (Phi) is 27.7. The van der Waals surface area contributed by atoms with Crippen molar-refractivity contribution in [3.05, 3.63) is 12.2 Å². The van der Waals surface area contributed by atoms with E-state index in [0.717, 1.165) is 51.9 Å². The minimum atomic E-state index is -0.335. The maximum Gasteiger partial charge on any atom is 0.0664 e. The molecule has 0 aliphatic heterocycles. The van der Waals surface area contributed by atoms with Crippen molar-refractivity contribution in [2.24, 2.45) is 0 Å². The van der Waals surface area contributed by atoms with E-state index in [4.69, 9.17) is 0 Å². The molecule has 0 saturated heterocycles. The van der Waals surface area contributed by atoms with E-state index < -0.39 is 0 Å². The Morgan fingerprint density at radius 3 is 1.29 bits per heavy atom. The molecule has 0 radical (unpaired) electrons. The van der Waals surface area contributed by atoms with Crippen LogP contribution in [0.15, 0.2) is 12.2 Å². The number of rotatable bonds is 29. The molecule has 0 aliphatic carbocycles. The summed E-state index contributed by atoms with van der Waals surface area (Å²) in [7, 11) is 0. The van der Waals surface area contributed by atoms with Gasteiger partial charge in [0.1, 0.15) is 0 Å². The summed E-state index contributed by atoms with van der Waals surface area (Å²) in [6.07, 6.45) is 25.7. The summed E-state index contributed by atoms with van der Waals surface area (Å²) in [6, 6.07) is 0. The first-order valence-corrected chi connectivity index (χ1v) is 16.6. The average Bonchev–Trinajstić information content (AvgIpc) is 2.92. The Morgan fingerprint density at radius 1 is 0.447 bits per heavy atom. The molecule has 5 nitrogen and oxygen atoms in total. The maximum atomic E-state index is 10.2. The molecule has 228 valence electrons. The summed E-state index contributed by atoms with van der Waals surface area (Å²) >= 11 is 0. The van der Waals surface area contributed by atoms with Gasteiger partial charge in [-0.1, -0.05) is 97.6 Å². The molecule has 3 unspecified atom stereocenters. The lowest BCUT2D eigenvalue weighted by molar-refractivity contribution is 0.0615. The van der Waals surface area contributed by atoms with Gasteiger partial charge in [0.25, 0.3) is 0 Å². The second-order valence-electron chi connectivity index (χ2n) is 11.5. The van der Waals surface area contributed by atoms with Crippen LogP contribution in [0.2, 0.25) is 0 Å². The highest BCUT2D eigenvalue weighted by Crippen LogP contribution is 2.11. The Labute approximate surface area is 238 Å². The quantitative estimate of drug-likeness (QED) is 0.0684. The van der Waals surface area contributed by atoms with E-state index in [1.165, 1.54) is 89.9 Å². The summed E-state index contributed by atoms with van der Waals surface area (Å²) in [5, 5.41) is 30.5. The van der Waals surface area contributed by atoms with Gasteiger partial charge in [0.15, 0.2) is 0 Å². The third kappa shape index (κ3) is 24.6. The molecule has 0 fully saturated rings. The third-order valence-corrected chi connectivity index (χ3v) is 7.76. The molecule has 0 spiro atoms. The Balaban J connectivity index is 4.06. The molecule has 0 aromatic heterocycles. The highest BCUT2D eigenvalue weighted by molar-refractivity contribution is 4.81. The van der Waals surface area contributed by atoms with E-state index in [9.17, 15) is 15.3 Å². The van der Waals surface area contributed by atoms with Gasteiger partial charge in [0, 0.05) is 19.6 Å². The van der Waals surface area contributed by atoms with Crippen molar-refractivity contribution >= 4 is 0 Å². The third-order valence-electron chi connectivity index (χ3n) is 7.76. The van der Waals surface area contributed by atoms with Crippen LogP contribution in [0.25, 0.3) is 0 Å². The van der Waals surface area contributed by atoms with Crippen LogP contribution in [0.3, 0.4) is 0 Å². The molecule has 0 aromatic rings. The van der Waals surface area contributed by atoms with Crippen molar-refractivity contribution in [1.82, 2.24) is 9.80 Å². The van der Waals surface area contributed by atoms with Crippen molar-refractivity contribution < 1.29 is 15.3 Å². The topological polar surface area (TPSA) is 67.2 Å². The number of hydrogen-bond donors (Lipinski definition) is 3. The minimum Gasteiger partial charge on any atom is -0.392 e. The van der Waals surface area contributed by atoms with Gasteiger partial charge in [-0.2, -0.15) is 0 Å². The predicted octanol–water partition coefficient (Wildman–Crippen LogP) is 7.33. The van der Waals surface area contributed by atoms with Crippen molar-refractivity contribution in [2.45, 2.75) is 162 Å². The molecule has 0 rings (SSSR count). The average molecular weight is 541 g/mol. The standard InChI is InChI=1S/C33H68N2O3/c1-5-9-10-11-12-13-14-15-16-17-18-19-20-21-22-23-25-34(28-31(36)6-2)26-24-27-35(29-32(37)7-3)30-33(38)8-4/h15-16,31-33,36-38H,5-14,17-30H2,1-4H3/b16-15-. The van der Waals surface area contributed by atoms with Crippen LogP contribution in [0.4, 0.5) is 0 Å². The van der Waals surface area contributed by atoms with Gasteiger partial charge in [-0.3, -0.25) is 4.90 Å². The van der Waals surface area contributed by atoms with Crippen molar-refractivity contribution in [2.75, 3.05) is 39.3 Å². The summed E-state index contributed by atoms with van der Waals surface area (Å²) in [5.74, 6) is 0. The molecule has 3 N–H and O–H groups in total. The van der Waals surface area contributed by atoms with Gasteiger partial charge in [0.2, 0.25) is 0 Å². The van der Waals surface area contributed by atoms with Crippen molar-refractivity contribution in [1.29, 1.82) is 0 Å². The Bertz CT molecular complexity index is 491. The summed E-state index contributed by atoms with van der Waals surface area (Å²) < 4.78 is 0. The van der Waals surface area contributed by atoms with E-state index in [-0.39, 0.29) is 18.3 Å². The van der Waals surface area contributed by atoms with Gasteiger partial charge in [-0.15, -0.1) is 0 Å². The molecule has 38 heavy (non-hydrogen) atoms. The number of aliphatic hydroxyl groups is 3. The van der Waals surface area contributed by atoms with Crippen LogP contribution in [-0.2, 0) is 0 Å². The second-order valence-corrected chi connectivity index (χ2v) is 11.5. The molecule has 0 amide bonds. The predicted molar refractivity (Wildman–Crippen MR) is 166 cm³/mol. The lowest BCUT2D eigenvalue weighted by atomic mass is 10.1. The van der Waals surface area contributed by atoms with E-state index in [0.29, 0.717) is 13.1 Å². The van der Waals surface area contributed by atoms with Crippen LogP contribution in [0, 0.1) is 0 Å². The largest absolute Gasteiger partial charge is 0.392 e. The lowest BCUT2D eigenvalue weighted by Gasteiger charge is -2.29. The first kappa shape index (κ1) is 37.5. The highest BCUT2D eigenvalue weighted by Gasteiger charge is 2.15. The van der Waals surface area contributed by atoms with E-state index >= 15 is 0 Å². The molecular weight excluding hydrogens is 472 g/mol. The molecular formula is C33H68N2O3. The second kappa shape index (κ2) is 28.1. The fraction of sp³-hybridized carbons (Fsp3) is 0.939. The number of hydrogen-bond acceptors (Lipinski definition) is 5. The van der Waals surface area contributed by atoms with Gasteiger partial charge >= 0.3 is 0 Å². The molecule has 0 saturated carbocycles. The fourth-order valence-electron chi connectivity index (χ4n) is 4.93. The molecule has 3 atom stereocenters. The number of allylic oxidation sites excluding steroid dienone is 2. The van der Waals surface area contributed by atoms with Crippen molar-refractivity contribution in [3.8, 4) is 0 Å². The number of nitrogens with zero attached hydrogens (tertiary/aromatic N) is 2. The SMILES string of the molecule is CCCCCCCC/C=C\CCCCCCCCN(CCCN(CC(O)CC)CC(O)CC)CC(O)CC.